The predicted octanol–water partition coefficient (Wildman–Crippen LogP) is 3.59. The van der Waals surface area contributed by atoms with E-state index in [-0.39, 0.29) is 6.01 Å². The van der Waals surface area contributed by atoms with Gasteiger partial charge in [0.2, 0.25) is 5.65 Å². The number of hydrogen-bond acceptors (Lipinski definition) is 8. The van der Waals surface area contributed by atoms with E-state index in [0.717, 1.165) is 59.7 Å². The second-order valence-electron chi connectivity index (χ2n) is 7.40. The molecule has 0 aliphatic carbocycles. The first kappa shape index (κ1) is 19.1. The maximum Gasteiger partial charge on any atom is 0.294 e. The molecule has 0 fully saturated rings. The molecule has 5 rings (SSSR count). The molecule has 9 heteroatoms. The number of hydrogen-bond donors (Lipinski definition) is 3. The van der Waals surface area contributed by atoms with E-state index in [2.05, 4.69) is 26.8 Å². The Bertz CT molecular complexity index is 1320. The Morgan fingerprint density at radius 3 is 3.03 bits per heavy atom. The van der Waals surface area contributed by atoms with Crippen molar-refractivity contribution in [3.05, 3.63) is 36.0 Å². The van der Waals surface area contributed by atoms with E-state index in [4.69, 9.17) is 25.3 Å². The van der Waals surface area contributed by atoms with Crippen molar-refractivity contribution in [2.24, 2.45) is 0 Å². The van der Waals surface area contributed by atoms with Gasteiger partial charge in [-0.3, -0.25) is 0 Å². The molecule has 4 N–H and O–H groups in total. The summed E-state index contributed by atoms with van der Waals surface area (Å²) >= 11 is 0. The van der Waals surface area contributed by atoms with Crippen LogP contribution in [-0.4, -0.2) is 38.9 Å². The van der Waals surface area contributed by atoms with Gasteiger partial charge in [0.1, 0.15) is 17.0 Å². The molecule has 1 aliphatic heterocycles. The van der Waals surface area contributed by atoms with E-state index in [9.17, 15) is 0 Å². The maximum absolute atomic E-state index is 7.85. The molecule has 1 aliphatic rings. The lowest BCUT2D eigenvalue weighted by atomic mass is 10.1. The summed E-state index contributed by atoms with van der Waals surface area (Å²) in [6.45, 7) is 4.33. The predicted molar refractivity (Wildman–Crippen MR) is 120 cm³/mol. The topological polar surface area (TPSA) is 128 Å². The summed E-state index contributed by atoms with van der Waals surface area (Å²) < 4.78 is 13.5. The van der Waals surface area contributed by atoms with Crippen LogP contribution in [-0.2, 0) is 6.54 Å². The number of nitrogens with zero attached hydrogens (tertiary/aromatic N) is 4. The van der Waals surface area contributed by atoms with Crippen LogP contribution in [0.2, 0.25) is 0 Å². The van der Waals surface area contributed by atoms with E-state index in [1.165, 1.54) is 6.21 Å². The first-order valence-corrected chi connectivity index (χ1v) is 10.3. The molecule has 0 saturated heterocycles. The number of nitrogens with two attached hydrogens (primary N) is 1. The van der Waals surface area contributed by atoms with Crippen LogP contribution in [0.1, 0.15) is 25.3 Å². The summed E-state index contributed by atoms with van der Waals surface area (Å²) in [5.74, 6) is 1.51. The van der Waals surface area contributed by atoms with Gasteiger partial charge in [-0.1, -0.05) is 6.92 Å². The van der Waals surface area contributed by atoms with E-state index < -0.39 is 0 Å². The smallest absolute Gasteiger partial charge is 0.294 e. The number of aryl methyl sites for hydroxylation is 1. The molecule has 0 unspecified atom stereocenters. The first-order valence-electron chi connectivity index (χ1n) is 10.3. The summed E-state index contributed by atoms with van der Waals surface area (Å²) in [5.41, 5.74) is 10.7. The molecule has 1 aromatic carbocycles. The molecule has 0 bridgehead atoms. The van der Waals surface area contributed by atoms with Crippen LogP contribution >= 0.6 is 0 Å². The van der Waals surface area contributed by atoms with Gasteiger partial charge in [0, 0.05) is 31.1 Å². The summed E-state index contributed by atoms with van der Waals surface area (Å²) in [4.78, 5) is 13.6. The van der Waals surface area contributed by atoms with Gasteiger partial charge in [0.25, 0.3) is 6.01 Å². The third kappa shape index (κ3) is 3.37. The van der Waals surface area contributed by atoms with Crippen molar-refractivity contribution in [3.63, 3.8) is 0 Å². The van der Waals surface area contributed by atoms with Gasteiger partial charge in [-0.25, -0.2) is 9.97 Å². The molecule has 0 spiro atoms. The van der Waals surface area contributed by atoms with Gasteiger partial charge in [0.05, 0.1) is 12.1 Å². The van der Waals surface area contributed by atoms with Gasteiger partial charge in [-0.15, -0.1) is 0 Å². The third-order valence-electron chi connectivity index (χ3n) is 5.23. The number of pyridine rings is 1. The van der Waals surface area contributed by atoms with Gasteiger partial charge in [-0.2, -0.15) is 4.98 Å². The molecular weight excluding hydrogens is 394 g/mol. The fourth-order valence-corrected chi connectivity index (χ4v) is 3.82. The molecule has 0 amide bonds. The second-order valence-corrected chi connectivity index (χ2v) is 7.40. The van der Waals surface area contributed by atoms with Gasteiger partial charge >= 0.3 is 0 Å². The second kappa shape index (κ2) is 7.75. The Labute approximate surface area is 178 Å². The van der Waals surface area contributed by atoms with Crippen molar-refractivity contribution >= 4 is 40.1 Å². The van der Waals surface area contributed by atoms with E-state index in [1.54, 1.807) is 0 Å². The number of oxazole rings is 1. The van der Waals surface area contributed by atoms with Crippen molar-refractivity contribution in [2.75, 3.05) is 18.9 Å². The Balaban J connectivity index is 1.67. The number of nitrogens with one attached hydrogen (secondary N) is 2. The highest BCUT2D eigenvalue weighted by molar-refractivity contribution is 6.09. The number of ether oxygens (including phenoxy) is 1. The van der Waals surface area contributed by atoms with Gasteiger partial charge in [-0.05, 0) is 42.7 Å². The van der Waals surface area contributed by atoms with Crippen molar-refractivity contribution in [1.82, 2.24) is 24.8 Å². The van der Waals surface area contributed by atoms with Crippen molar-refractivity contribution in [2.45, 2.75) is 26.3 Å². The Kier molecular flexibility index (Phi) is 4.78. The Morgan fingerprint density at radius 2 is 2.19 bits per heavy atom. The van der Waals surface area contributed by atoms with Crippen LogP contribution in [0, 0.1) is 5.41 Å². The number of benzene rings is 1. The fourth-order valence-electron chi connectivity index (χ4n) is 3.82. The van der Waals surface area contributed by atoms with Gasteiger partial charge in [0.15, 0.2) is 11.4 Å². The number of anilines is 1. The molecule has 0 atom stereocenters. The zero-order valence-corrected chi connectivity index (χ0v) is 17.2. The highest BCUT2D eigenvalue weighted by Crippen LogP contribution is 2.35. The van der Waals surface area contributed by atoms with E-state index in [1.807, 2.05) is 30.5 Å². The molecule has 0 radical (unpaired) electrons. The van der Waals surface area contributed by atoms with Crippen molar-refractivity contribution in [1.29, 1.82) is 5.41 Å². The molecule has 4 heterocycles. The number of imidazole rings is 1. The first-order chi connectivity index (χ1) is 15.2. The number of allylic oxidation sites excluding steroid dienone is 1. The lowest BCUT2D eigenvalue weighted by Crippen LogP contribution is -2.07. The van der Waals surface area contributed by atoms with E-state index >= 15 is 0 Å². The molecular formula is C22H23N7O2. The number of rotatable bonds is 6. The van der Waals surface area contributed by atoms with Crippen LogP contribution in [0.25, 0.3) is 39.4 Å². The highest BCUT2D eigenvalue weighted by atomic mass is 16.5. The monoisotopic (exact) mass is 417 g/mol. The minimum atomic E-state index is 0.0917. The van der Waals surface area contributed by atoms with Gasteiger partial charge < -0.3 is 30.2 Å². The van der Waals surface area contributed by atoms with Crippen LogP contribution in [0.4, 0.5) is 6.01 Å². The SMILES string of the molecule is CCCN/C=C(\C=N)c1cc2c3c(c1)nc(-c1ccc4oc(N)nc4n1)n3CCCO2. The van der Waals surface area contributed by atoms with Crippen LogP contribution in [0.15, 0.2) is 34.9 Å². The number of fused-ring (bicyclic) bond motifs is 1. The summed E-state index contributed by atoms with van der Waals surface area (Å²) in [6, 6.07) is 7.73. The third-order valence-corrected chi connectivity index (χ3v) is 5.23. The Hall–Kier alpha value is -3.88. The molecule has 158 valence electrons. The highest BCUT2D eigenvalue weighted by Gasteiger charge is 2.22. The molecule has 0 saturated carbocycles. The lowest BCUT2D eigenvalue weighted by molar-refractivity contribution is 0.315. The van der Waals surface area contributed by atoms with Crippen LogP contribution < -0.4 is 15.8 Å². The number of aromatic nitrogens is 4. The summed E-state index contributed by atoms with van der Waals surface area (Å²) in [7, 11) is 0. The zero-order chi connectivity index (χ0) is 21.4. The van der Waals surface area contributed by atoms with Crippen LogP contribution in [0.5, 0.6) is 5.75 Å². The maximum atomic E-state index is 7.85. The largest absolute Gasteiger partial charge is 0.491 e. The van der Waals surface area contributed by atoms with Crippen molar-refractivity contribution in [3.8, 4) is 17.3 Å². The standard InChI is InChI=1S/C22H23N7O2/c1-2-6-25-12-14(11-23)13-9-16-19-18(10-13)30-8-3-7-29(19)21(27-16)15-4-5-17-20(26-15)28-22(24)31-17/h4-5,9-12,23,25H,2-3,6-8H2,1H3,(H2,24,26,28)/b14-12+,23-11?. The normalized spacial score (nSPS) is 13.9. The van der Waals surface area contributed by atoms with E-state index in [0.29, 0.717) is 23.5 Å². The molecule has 31 heavy (non-hydrogen) atoms. The molecule has 4 aromatic rings. The fraction of sp³-hybridized carbons (Fsp3) is 0.273. The Morgan fingerprint density at radius 1 is 1.29 bits per heavy atom. The average Bonchev–Trinajstić information content (AvgIpc) is 3.24. The van der Waals surface area contributed by atoms with Crippen LogP contribution in [0.3, 0.4) is 0 Å². The molecule has 3 aromatic heterocycles. The summed E-state index contributed by atoms with van der Waals surface area (Å²) in [6.07, 6.45) is 5.07. The quantitative estimate of drug-likeness (QED) is 0.323. The minimum Gasteiger partial charge on any atom is -0.491 e. The number of nitrogen functional groups attached to an aromatic ring is 1. The lowest BCUT2D eigenvalue weighted by Gasteiger charge is -2.09. The minimum absolute atomic E-state index is 0.0917. The molecule has 9 nitrogen and oxygen atoms in total. The average molecular weight is 417 g/mol. The zero-order valence-electron chi connectivity index (χ0n) is 17.2. The summed E-state index contributed by atoms with van der Waals surface area (Å²) in [5, 5.41) is 11.1. The van der Waals surface area contributed by atoms with Crippen molar-refractivity contribution < 1.29 is 9.15 Å².